The van der Waals surface area contributed by atoms with Crippen molar-refractivity contribution in [2.24, 2.45) is 0 Å². The van der Waals surface area contributed by atoms with Crippen LogP contribution in [-0.4, -0.2) is 35.4 Å². The summed E-state index contributed by atoms with van der Waals surface area (Å²) >= 11 is 0. The molecule has 0 aromatic carbocycles. The Hall–Kier alpha value is -1.36. The molecule has 0 aliphatic rings. The molecule has 0 aliphatic heterocycles. The van der Waals surface area contributed by atoms with Crippen LogP contribution in [0.2, 0.25) is 0 Å². The summed E-state index contributed by atoms with van der Waals surface area (Å²) in [6, 6.07) is 1.66. The van der Waals surface area contributed by atoms with Crippen molar-refractivity contribution in [3.63, 3.8) is 0 Å². The molecule has 1 rings (SSSR count). The highest BCUT2D eigenvalue weighted by Gasteiger charge is 2.19. The maximum atomic E-state index is 11.6. The molecule has 0 saturated carbocycles. The number of aromatic nitrogens is 2. The number of hydrogen-bond acceptors (Lipinski definition) is 4. The van der Waals surface area contributed by atoms with Gasteiger partial charge in [-0.05, 0) is 32.9 Å². The predicted molar refractivity (Wildman–Crippen MR) is 65.8 cm³/mol. The van der Waals surface area contributed by atoms with Crippen molar-refractivity contribution in [1.29, 1.82) is 0 Å². The first-order valence-electron chi connectivity index (χ1n) is 5.90. The maximum Gasteiger partial charge on any atom is 0.324 e. The smallest absolute Gasteiger partial charge is 0.324 e. The highest BCUT2D eigenvalue weighted by atomic mass is 16.5. The number of carbonyl (C=O) groups is 1. The van der Waals surface area contributed by atoms with E-state index in [0.717, 1.165) is 24.4 Å². The lowest BCUT2D eigenvalue weighted by Gasteiger charge is -2.16. The van der Waals surface area contributed by atoms with Crippen molar-refractivity contribution in [3.05, 3.63) is 17.5 Å². The van der Waals surface area contributed by atoms with Crippen LogP contribution in [0.25, 0.3) is 0 Å². The Labute approximate surface area is 102 Å². The molecule has 0 fully saturated rings. The van der Waals surface area contributed by atoms with E-state index in [-0.39, 0.29) is 12.0 Å². The molecule has 1 atom stereocenters. The second-order valence-electron chi connectivity index (χ2n) is 4.14. The van der Waals surface area contributed by atoms with Crippen molar-refractivity contribution < 1.29 is 9.53 Å². The Morgan fingerprint density at radius 1 is 1.59 bits per heavy atom. The van der Waals surface area contributed by atoms with E-state index in [0.29, 0.717) is 6.54 Å². The minimum Gasteiger partial charge on any atom is -0.468 e. The van der Waals surface area contributed by atoms with Crippen LogP contribution in [0.1, 0.15) is 24.7 Å². The summed E-state index contributed by atoms with van der Waals surface area (Å²) in [6.07, 6.45) is 0.977. The monoisotopic (exact) mass is 239 g/mol. The van der Waals surface area contributed by atoms with E-state index in [1.807, 2.05) is 24.6 Å². The standard InChI is InChI=1S/C12H21N3O2/c1-5-6-13-11(12(16)17-4)8-15-10(3)7-9(2)14-15/h7,11,13H,5-6,8H2,1-4H3. The van der Waals surface area contributed by atoms with E-state index < -0.39 is 0 Å². The van der Waals surface area contributed by atoms with Crippen molar-refractivity contribution in [1.82, 2.24) is 15.1 Å². The quantitative estimate of drug-likeness (QED) is 0.754. The minimum absolute atomic E-state index is 0.244. The molecule has 0 spiro atoms. The van der Waals surface area contributed by atoms with E-state index in [4.69, 9.17) is 4.74 Å². The molecule has 0 bridgehead atoms. The lowest BCUT2D eigenvalue weighted by molar-refractivity contribution is -0.143. The Kier molecular flexibility index (Phi) is 5.15. The first-order valence-corrected chi connectivity index (χ1v) is 5.90. The first-order chi connectivity index (χ1) is 8.08. The fourth-order valence-electron chi connectivity index (χ4n) is 1.72. The number of nitrogens with zero attached hydrogens (tertiary/aromatic N) is 2. The van der Waals surface area contributed by atoms with Gasteiger partial charge in [0.25, 0.3) is 0 Å². The number of aryl methyl sites for hydroxylation is 2. The average Bonchev–Trinajstić information content (AvgIpc) is 2.62. The van der Waals surface area contributed by atoms with Gasteiger partial charge in [0.1, 0.15) is 6.04 Å². The third-order valence-corrected chi connectivity index (χ3v) is 2.59. The second-order valence-corrected chi connectivity index (χ2v) is 4.14. The average molecular weight is 239 g/mol. The molecule has 17 heavy (non-hydrogen) atoms. The number of ether oxygens (including phenoxy) is 1. The molecule has 1 aromatic rings. The fraction of sp³-hybridized carbons (Fsp3) is 0.667. The molecule has 1 aromatic heterocycles. The van der Waals surface area contributed by atoms with E-state index in [1.165, 1.54) is 7.11 Å². The number of carbonyl (C=O) groups excluding carboxylic acids is 1. The number of rotatable bonds is 6. The number of hydrogen-bond donors (Lipinski definition) is 1. The summed E-state index contributed by atoms with van der Waals surface area (Å²) in [5, 5.41) is 7.51. The van der Waals surface area contributed by atoms with E-state index >= 15 is 0 Å². The summed E-state index contributed by atoms with van der Waals surface area (Å²) in [4.78, 5) is 11.6. The highest BCUT2D eigenvalue weighted by molar-refractivity contribution is 5.75. The predicted octanol–water partition coefficient (Wildman–Crippen LogP) is 1.04. The van der Waals surface area contributed by atoms with Gasteiger partial charge in [-0.25, -0.2) is 0 Å². The van der Waals surface area contributed by atoms with Crippen LogP contribution >= 0.6 is 0 Å². The molecule has 96 valence electrons. The molecule has 5 heteroatoms. The van der Waals surface area contributed by atoms with Crippen LogP contribution in [0, 0.1) is 13.8 Å². The fourth-order valence-corrected chi connectivity index (χ4v) is 1.72. The van der Waals surface area contributed by atoms with Gasteiger partial charge in [0, 0.05) is 5.69 Å². The summed E-state index contributed by atoms with van der Waals surface area (Å²) in [6.45, 7) is 7.28. The molecule has 1 N–H and O–H groups in total. The lowest BCUT2D eigenvalue weighted by atomic mass is 10.2. The third-order valence-electron chi connectivity index (χ3n) is 2.59. The van der Waals surface area contributed by atoms with Crippen LogP contribution in [0.4, 0.5) is 0 Å². The molecular weight excluding hydrogens is 218 g/mol. The summed E-state index contributed by atoms with van der Waals surface area (Å²) in [7, 11) is 1.41. The minimum atomic E-state index is -0.335. The van der Waals surface area contributed by atoms with Crippen molar-refractivity contribution >= 4 is 5.97 Å². The number of esters is 1. The van der Waals surface area contributed by atoms with E-state index in [1.54, 1.807) is 0 Å². The largest absolute Gasteiger partial charge is 0.468 e. The Morgan fingerprint density at radius 2 is 2.29 bits per heavy atom. The molecule has 0 radical (unpaired) electrons. The number of methoxy groups -OCH3 is 1. The number of nitrogens with one attached hydrogen (secondary N) is 1. The molecular formula is C12H21N3O2. The van der Waals surface area contributed by atoms with Crippen LogP contribution in [-0.2, 0) is 16.1 Å². The van der Waals surface area contributed by atoms with E-state index in [2.05, 4.69) is 17.3 Å². The first kappa shape index (κ1) is 13.7. The normalized spacial score (nSPS) is 12.5. The van der Waals surface area contributed by atoms with Gasteiger partial charge in [0.2, 0.25) is 0 Å². The Morgan fingerprint density at radius 3 is 2.76 bits per heavy atom. The SMILES string of the molecule is CCCNC(Cn1nc(C)cc1C)C(=O)OC. The Bertz CT molecular complexity index is 374. The van der Waals surface area contributed by atoms with Crippen molar-refractivity contribution in [3.8, 4) is 0 Å². The van der Waals surface area contributed by atoms with Crippen LogP contribution in [0.3, 0.4) is 0 Å². The molecule has 0 aliphatic carbocycles. The molecule has 1 unspecified atom stereocenters. The molecule has 1 heterocycles. The van der Waals surface area contributed by atoms with Gasteiger partial charge in [0.05, 0.1) is 19.3 Å². The van der Waals surface area contributed by atoms with Gasteiger partial charge in [-0.1, -0.05) is 6.92 Å². The second kappa shape index (κ2) is 6.39. The maximum absolute atomic E-state index is 11.6. The topological polar surface area (TPSA) is 56.2 Å². The van der Waals surface area contributed by atoms with Crippen molar-refractivity contribution in [2.75, 3.05) is 13.7 Å². The van der Waals surface area contributed by atoms with Gasteiger partial charge in [-0.15, -0.1) is 0 Å². The Balaban J connectivity index is 2.71. The molecule has 0 saturated heterocycles. The van der Waals surface area contributed by atoms with Gasteiger partial charge >= 0.3 is 5.97 Å². The zero-order valence-electron chi connectivity index (χ0n) is 11.0. The highest BCUT2D eigenvalue weighted by Crippen LogP contribution is 2.04. The molecule has 0 amide bonds. The van der Waals surface area contributed by atoms with Crippen LogP contribution < -0.4 is 5.32 Å². The van der Waals surface area contributed by atoms with Gasteiger partial charge < -0.3 is 10.1 Å². The van der Waals surface area contributed by atoms with Gasteiger partial charge in [-0.3, -0.25) is 9.48 Å². The van der Waals surface area contributed by atoms with Gasteiger partial charge in [-0.2, -0.15) is 5.10 Å². The third kappa shape index (κ3) is 3.85. The van der Waals surface area contributed by atoms with Gasteiger partial charge in [0.15, 0.2) is 0 Å². The lowest BCUT2D eigenvalue weighted by Crippen LogP contribution is -2.41. The van der Waals surface area contributed by atoms with E-state index in [9.17, 15) is 4.79 Å². The summed E-state index contributed by atoms with van der Waals surface area (Å²) < 4.78 is 6.62. The molecule has 5 nitrogen and oxygen atoms in total. The zero-order valence-corrected chi connectivity index (χ0v) is 11.0. The van der Waals surface area contributed by atoms with Crippen molar-refractivity contribution in [2.45, 2.75) is 39.8 Å². The summed E-state index contributed by atoms with van der Waals surface area (Å²) in [5.41, 5.74) is 2.01. The van der Waals surface area contributed by atoms with Crippen LogP contribution in [0.15, 0.2) is 6.07 Å². The van der Waals surface area contributed by atoms with Crippen LogP contribution in [0.5, 0.6) is 0 Å². The summed E-state index contributed by atoms with van der Waals surface area (Å²) in [5.74, 6) is -0.244. The zero-order chi connectivity index (χ0) is 12.8.